The molecule has 0 bridgehead atoms. The number of carbonyl (C=O) groups is 2. The van der Waals surface area contributed by atoms with Gasteiger partial charge in [0.25, 0.3) is 0 Å². The van der Waals surface area contributed by atoms with Gasteiger partial charge in [0, 0.05) is 5.92 Å². The lowest BCUT2D eigenvalue weighted by atomic mass is 9.88. The van der Waals surface area contributed by atoms with Crippen LogP contribution in [-0.2, 0) is 9.59 Å². The lowest BCUT2D eigenvalue weighted by Crippen LogP contribution is -2.45. The Balaban J connectivity index is 2.36. The Bertz CT molecular complexity index is 222. The van der Waals surface area contributed by atoms with E-state index < -0.39 is 11.9 Å². The Morgan fingerprint density at radius 2 is 1.86 bits per heavy atom. The summed E-state index contributed by atoms with van der Waals surface area (Å²) < 4.78 is 0. The van der Waals surface area contributed by atoms with Gasteiger partial charge >= 0.3 is 0 Å². The number of nitrogens with one attached hydrogen (secondary N) is 1. The number of rotatable bonds is 3. The molecule has 0 aliphatic heterocycles. The molecular formula is C10H18N2O2. The van der Waals surface area contributed by atoms with Crippen molar-refractivity contribution in [2.75, 3.05) is 0 Å². The van der Waals surface area contributed by atoms with Gasteiger partial charge in [-0.25, -0.2) is 0 Å². The number of nitrogens with two attached hydrogens (primary N) is 1. The molecule has 0 radical (unpaired) electrons. The molecule has 1 aliphatic rings. The van der Waals surface area contributed by atoms with Crippen molar-refractivity contribution in [1.82, 2.24) is 5.32 Å². The molecule has 0 unspecified atom stereocenters. The first kappa shape index (κ1) is 11.0. The number of hydrogen-bond donors (Lipinski definition) is 2. The second-order valence-electron chi connectivity index (χ2n) is 3.97. The summed E-state index contributed by atoms with van der Waals surface area (Å²) in [5, 5.41) is 2.64. The van der Waals surface area contributed by atoms with Gasteiger partial charge < -0.3 is 11.1 Å². The summed E-state index contributed by atoms with van der Waals surface area (Å²) in [6.45, 7) is 1.61. The van der Waals surface area contributed by atoms with E-state index >= 15 is 0 Å². The summed E-state index contributed by atoms with van der Waals surface area (Å²) in [5.41, 5.74) is 5.06. The molecule has 1 rings (SSSR count). The fourth-order valence-electron chi connectivity index (χ4n) is 1.77. The van der Waals surface area contributed by atoms with E-state index in [4.69, 9.17) is 5.73 Å². The van der Waals surface area contributed by atoms with Crippen LogP contribution >= 0.6 is 0 Å². The first-order valence-electron chi connectivity index (χ1n) is 5.21. The van der Waals surface area contributed by atoms with Gasteiger partial charge in [-0.3, -0.25) is 9.59 Å². The van der Waals surface area contributed by atoms with Crippen molar-refractivity contribution < 1.29 is 9.59 Å². The highest BCUT2D eigenvalue weighted by Gasteiger charge is 2.23. The molecule has 3 N–H and O–H groups in total. The smallest absolute Gasteiger partial charge is 0.239 e. The van der Waals surface area contributed by atoms with Crippen LogP contribution in [0.5, 0.6) is 0 Å². The van der Waals surface area contributed by atoms with E-state index in [-0.39, 0.29) is 11.8 Å². The number of primary amides is 1. The molecule has 0 aromatic carbocycles. The van der Waals surface area contributed by atoms with Crippen LogP contribution in [0.4, 0.5) is 0 Å². The van der Waals surface area contributed by atoms with E-state index in [1.165, 1.54) is 6.42 Å². The Kier molecular flexibility index (Phi) is 3.92. The summed E-state index contributed by atoms with van der Waals surface area (Å²) in [7, 11) is 0. The molecule has 0 aromatic heterocycles. The summed E-state index contributed by atoms with van der Waals surface area (Å²) in [4.78, 5) is 22.3. The third-order valence-electron chi connectivity index (χ3n) is 2.76. The average molecular weight is 198 g/mol. The van der Waals surface area contributed by atoms with Crippen LogP contribution in [-0.4, -0.2) is 17.9 Å². The van der Waals surface area contributed by atoms with Crippen LogP contribution in [0.25, 0.3) is 0 Å². The summed E-state index contributed by atoms with van der Waals surface area (Å²) in [6, 6.07) is -0.551. The van der Waals surface area contributed by atoms with Gasteiger partial charge in [0.15, 0.2) is 0 Å². The molecule has 4 heteroatoms. The molecule has 1 fully saturated rings. The Hall–Kier alpha value is -1.06. The minimum atomic E-state index is -0.551. The SMILES string of the molecule is C[C@@H](NC(=O)C1CCCCC1)C(N)=O. The van der Waals surface area contributed by atoms with Crippen molar-refractivity contribution in [3.8, 4) is 0 Å². The molecule has 0 aromatic rings. The standard InChI is InChI=1S/C10H18N2O2/c1-7(9(11)13)12-10(14)8-5-3-2-4-6-8/h7-8H,2-6H2,1H3,(H2,11,13)(H,12,14)/t7-/m1/s1. The van der Waals surface area contributed by atoms with Crippen molar-refractivity contribution >= 4 is 11.8 Å². The largest absolute Gasteiger partial charge is 0.368 e. The Labute approximate surface area is 84.2 Å². The van der Waals surface area contributed by atoms with Gasteiger partial charge in [-0.15, -0.1) is 0 Å². The molecule has 80 valence electrons. The minimum absolute atomic E-state index is 0.0176. The molecule has 14 heavy (non-hydrogen) atoms. The van der Waals surface area contributed by atoms with Crippen LogP contribution < -0.4 is 11.1 Å². The molecule has 0 saturated heterocycles. The second kappa shape index (κ2) is 4.98. The van der Waals surface area contributed by atoms with Gasteiger partial charge in [0.2, 0.25) is 11.8 Å². The monoisotopic (exact) mass is 198 g/mol. The third kappa shape index (κ3) is 3.01. The van der Waals surface area contributed by atoms with Crippen LogP contribution in [0, 0.1) is 5.92 Å². The van der Waals surface area contributed by atoms with Crippen LogP contribution in [0.2, 0.25) is 0 Å². The predicted octanol–water partition coefficient (Wildman–Crippen LogP) is 0.557. The normalized spacial score (nSPS) is 20.1. The third-order valence-corrected chi connectivity index (χ3v) is 2.76. The number of carbonyl (C=O) groups excluding carboxylic acids is 2. The summed E-state index contributed by atoms with van der Waals surface area (Å²) in [5.74, 6) is -0.407. The van der Waals surface area contributed by atoms with Crippen molar-refractivity contribution in [2.45, 2.75) is 45.1 Å². The number of hydrogen-bond acceptors (Lipinski definition) is 2. The van der Waals surface area contributed by atoms with Crippen LogP contribution in [0.3, 0.4) is 0 Å². The van der Waals surface area contributed by atoms with Crippen molar-refractivity contribution in [1.29, 1.82) is 0 Å². The predicted molar refractivity (Wildman–Crippen MR) is 53.4 cm³/mol. The fourth-order valence-corrected chi connectivity index (χ4v) is 1.77. The molecule has 0 spiro atoms. The number of amides is 2. The molecule has 0 heterocycles. The quantitative estimate of drug-likeness (QED) is 0.695. The van der Waals surface area contributed by atoms with Crippen molar-refractivity contribution in [3.05, 3.63) is 0 Å². The van der Waals surface area contributed by atoms with E-state index in [9.17, 15) is 9.59 Å². The lowest BCUT2D eigenvalue weighted by molar-refractivity contribution is -0.130. The maximum absolute atomic E-state index is 11.6. The molecular weight excluding hydrogens is 180 g/mol. The molecule has 2 amide bonds. The molecule has 1 saturated carbocycles. The van der Waals surface area contributed by atoms with E-state index in [0.29, 0.717) is 0 Å². The average Bonchev–Trinajstić information content (AvgIpc) is 2.19. The van der Waals surface area contributed by atoms with Gasteiger partial charge in [-0.1, -0.05) is 19.3 Å². The van der Waals surface area contributed by atoms with Crippen molar-refractivity contribution in [3.63, 3.8) is 0 Å². The van der Waals surface area contributed by atoms with Gasteiger partial charge in [-0.05, 0) is 19.8 Å². The minimum Gasteiger partial charge on any atom is -0.368 e. The zero-order valence-corrected chi connectivity index (χ0v) is 8.58. The highest BCUT2D eigenvalue weighted by atomic mass is 16.2. The first-order chi connectivity index (χ1) is 6.61. The Morgan fingerprint density at radius 3 is 2.36 bits per heavy atom. The first-order valence-corrected chi connectivity index (χ1v) is 5.21. The highest BCUT2D eigenvalue weighted by molar-refractivity contribution is 5.87. The second-order valence-corrected chi connectivity index (χ2v) is 3.97. The van der Waals surface area contributed by atoms with E-state index in [0.717, 1.165) is 25.7 Å². The topological polar surface area (TPSA) is 72.2 Å². The maximum atomic E-state index is 11.6. The zero-order chi connectivity index (χ0) is 10.6. The summed E-state index contributed by atoms with van der Waals surface area (Å²) in [6.07, 6.45) is 5.33. The van der Waals surface area contributed by atoms with Gasteiger partial charge in [-0.2, -0.15) is 0 Å². The van der Waals surface area contributed by atoms with Crippen LogP contribution in [0.15, 0.2) is 0 Å². The van der Waals surface area contributed by atoms with E-state index in [2.05, 4.69) is 5.32 Å². The van der Waals surface area contributed by atoms with Crippen molar-refractivity contribution in [2.24, 2.45) is 11.7 Å². The van der Waals surface area contributed by atoms with E-state index in [1.54, 1.807) is 6.92 Å². The van der Waals surface area contributed by atoms with E-state index in [1.807, 2.05) is 0 Å². The lowest BCUT2D eigenvalue weighted by Gasteiger charge is -2.22. The summed E-state index contributed by atoms with van der Waals surface area (Å²) >= 11 is 0. The highest BCUT2D eigenvalue weighted by Crippen LogP contribution is 2.23. The van der Waals surface area contributed by atoms with Crippen LogP contribution in [0.1, 0.15) is 39.0 Å². The molecule has 1 atom stereocenters. The zero-order valence-electron chi connectivity index (χ0n) is 8.58. The molecule has 1 aliphatic carbocycles. The Morgan fingerprint density at radius 1 is 1.29 bits per heavy atom. The van der Waals surface area contributed by atoms with Gasteiger partial charge in [0.1, 0.15) is 6.04 Å². The maximum Gasteiger partial charge on any atom is 0.239 e. The fraction of sp³-hybridized carbons (Fsp3) is 0.800. The molecule has 4 nitrogen and oxygen atoms in total. The van der Waals surface area contributed by atoms with Gasteiger partial charge in [0.05, 0.1) is 0 Å².